The Hall–Kier alpha value is -1.57. The zero-order valence-electron chi connectivity index (χ0n) is 15.8. The maximum absolute atomic E-state index is 11.6. The Labute approximate surface area is 159 Å². The molecule has 0 bridgehead atoms. The Balaban J connectivity index is 1.89. The number of hydrogen-bond acceptors (Lipinski definition) is 5. The van der Waals surface area contributed by atoms with Crippen molar-refractivity contribution in [1.29, 1.82) is 0 Å². The Morgan fingerprint density at radius 1 is 1.27 bits per heavy atom. The summed E-state index contributed by atoms with van der Waals surface area (Å²) in [5.41, 5.74) is 2.80. The molecule has 0 radical (unpaired) electrons. The van der Waals surface area contributed by atoms with Gasteiger partial charge in [0.25, 0.3) is 0 Å². The molecule has 138 valence electrons. The average molecular weight is 373 g/mol. The number of amides is 1. The van der Waals surface area contributed by atoms with Crippen LogP contribution in [0.1, 0.15) is 45.7 Å². The van der Waals surface area contributed by atoms with Crippen molar-refractivity contribution in [2.24, 2.45) is 0 Å². The normalized spacial score (nSPS) is 20.9. The van der Waals surface area contributed by atoms with E-state index in [0.717, 1.165) is 22.3 Å². The molecule has 26 heavy (non-hydrogen) atoms. The van der Waals surface area contributed by atoms with E-state index in [1.165, 1.54) is 11.8 Å². The summed E-state index contributed by atoms with van der Waals surface area (Å²) < 4.78 is 12.3. The number of fused-ring (bicyclic) bond motifs is 1. The molecule has 1 N–H and O–H groups in total. The first kappa shape index (κ1) is 19.2. The van der Waals surface area contributed by atoms with Gasteiger partial charge in [-0.15, -0.1) is 0 Å². The lowest BCUT2D eigenvalue weighted by Gasteiger charge is -2.32. The van der Waals surface area contributed by atoms with Crippen molar-refractivity contribution in [2.75, 3.05) is 11.1 Å². The van der Waals surface area contributed by atoms with Crippen molar-refractivity contribution in [3.63, 3.8) is 0 Å². The van der Waals surface area contributed by atoms with Gasteiger partial charge in [0.1, 0.15) is 0 Å². The van der Waals surface area contributed by atoms with Gasteiger partial charge in [-0.2, -0.15) is 0 Å². The van der Waals surface area contributed by atoms with Crippen LogP contribution in [0.5, 0.6) is 0 Å². The highest BCUT2D eigenvalue weighted by molar-refractivity contribution is 8.13. The summed E-state index contributed by atoms with van der Waals surface area (Å²) in [4.78, 5) is 23.0. The van der Waals surface area contributed by atoms with Crippen LogP contribution in [0.15, 0.2) is 23.7 Å². The third-order valence-corrected chi connectivity index (χ3v) is 5.99. The quantitative estimate of drug-likeness (QED) is 0.819. The van der Waals surface area contributed by atoms with Crippen LogP contribution in [0.3, 0.4) is 0 Å². The third kappa shape index (κ3) is 3.90. The topological polar surface area (TPSA) is 64.6 Å². The number of thioether (sulfide) groups is 1. The molecule has 2 aliphatic rings. The van der Waals surface area contributed by atoms with Crippen molar-refractivity contribution < 1.29 is 18.9 Å². The summed E-state index contributed by atoms with van der Waals surface area (Å²) >= 11 is 1.23. The fraction of sp³-hybridized carbons (Fsp3) is 0.474. The molecule has 0 aromatic heterocycles. The molecule has 2 heterocycles. The summed E-state index contributed by atoms with van der Waals surface area (Å²) in [6, 6.07) is 5.88. The standard InChI is InChI=1S/C19H24BNO4S/c1-12(22)26-11-15(20-24-18(2,3)19(4,5)25-20)8-13-6-7-14-10-17(23)21-16(14)9-13/h6-9H,10-11H2,1-5H3,(H,21,23). The minimum Gasteiger partial charge on any atom is -0.400 e. The fourth-order valence-electron chi connectivity index (χ4n) is 2.89. The zero-order chi connectivity index (χ0) is 19.1. The summed E-state index contributed by atoms with van der Waals surface area (Å²) in [7, 11) is -0.505. The van der Waals surface area contributed by atoms with E-state index >= 15 is 0 Å². The van der Waals surface area contributed by atoms with E-state index in [1.807, 2.05) is 52.0 Å². The van der Waals surface area contributed by atoms with Gasteiger partial charge in [-0.25, -0.2) is 0 Å². The van der Waals surface area contributed by atoms with E-state index in [4.69, 9.17) is 9.31 Å². The Kier molecular flexibility index (Phi) is 5.07. The Morgan fingerprint density at radius 2 is 1.92 bits per heavy atom. The first-order chi connectivity index (χ1) is 12.1. The first-order valence-corrected chi connectivity index (χ1v) is 9.68. The van der Waals surface area contributed by atoms with Gasteiger partial charge >= 0.3 is 7.12 Å². The predicted octanol–water partition coefficient (Wildman–Crippen LogP) is 3.48. The van der Waals surface area contributed by atoms with Crippen LogP contribution in [-0.4, -0.2) is 35.1 Å². The van der Waals surface area contributed by atoms with Crippen molar-refractivity contribution >= 4 is 41.7 Å². The van der Waals surface area contributed by atoms with Gasteiger partial charge in [-0.3, -0.25) is 9.59 Å². The summed E-state index contributed by atoms with van der Waals surface area (Å²) in [5.74, 6) is 0.509. The van der Waals surface area contributed by atoms with Gasteiger partial charge < -0.3 is 14.6 Å². The van der Waals surface area contributed by atoms with Crippen molar-refractivity contribution in [3.05, 3.63) is 34.8 Å². The van der Waals surface area contributed by atoms with Gasteiger partial charge in [-0.05, 0) is 50.4 Å². The van der Waals surface area contributed by atoms with Crippen LogP contribution in [0, 0.1) is 0 Å². The third-order valence-electron chi connectivity index (χ3n) is 5.11. The van der Waals surface area contributed by atoms with Gasteiger partial charge in [0, 0.05) is 18.4 Å². The number of hydrogen-bond donors (Lipinski definition) is 1. The van der Waals surface area contributed by atoms with Crippen LogP contribution in [-0.2, 0) is 25.3 Å². The molecule has 0 atom stereocenters. The zero-order valence-corrected chi connectivity index (χ0v) is 16.7. The van der Waals surface area contributed by atoms with Crippen molar-refractivity contribution in [1.82, 2.24) is 0 Å². The SMILES string of the molecule is CC(=O)SCC(=Cc1ccc2c(c1)NC(=O)C2)B1OC(C)(C)C(C)(C)O1. The molecule has 0 spiro atoms. The largest absolute Gasteiger partial charge is 0.491 e. The van der Waals surface area contributed by atoms with Crippen molar-refractivity contribution in [2.45, 2.75) is 52.2 Å². The molecule has 0 unspecified atom stereocenters. The lowest BCUT2D eigenvalue weighted by molar-refractivity contribution is -0.115. The minimum atomic E-state index is -0.505. The van der Waals surface area contributed by atoms with Crippen LogP contribution < -0.4 is 5.32 Å². The van der Waals surface area contributed by atoms with Gasteiger partial charge in [0.2, 0.25) is 5.91 Å². The van der Waals surface area contributed by atoms with Gasteiger partial charge in [-0.1, -0.05) is 30.0 Å². The monoisotopic (exact) mass is 373 g/mol. The van der Waals surface area contributed by atoms with E-state index in [9.17, 15) is 9.59 Å². The summed E-state index contributed by atoms with van der Waals surface area (Å²) in [5, 5.41) is 2.92. The fourth-order valence-corrected chi connectivity index (χ4v) is 3.48. The van der Waals surface area contributed by atoms with Gasteiger partial charge in [0.05, 0.1) is 17.6 Å². The second-order valence-electron chi connectivity index (χ2n) is 7.73. The lowest BCUT2D eigenvalue weighted by atomic mass is 9.78. The summed E-state index contributed by atoms with van der Waals surface area (Å²) in [6.07, 6.45) is 2.41. The lowest BCUT2D eigenvalue weighted by Crippen LogP contribution is -2.41. The number of nitrogens with one attached hydrogen (secondary N) is 1. The number of carbonyl (C=O) groups excluding carboxylic acids is 2. The van der Waals surface area contributed by atoms with Crippen molar-refractivity contribution in [3.8, 4) is 0 Å². The smallest absolute Gasteiger partial charge is 0.400 e. The molecule has 1 amide bonds. The molecule has 1 saturated heterocycles. The highest BCUT2D eigenvalue weighted by Gasteiger charge is 2.52. The minimum absolute atomic E-state index is 0.0134. The first-order valence-electron chi connectivity index (χ1n) is 8.70. The van der Waals surface area contributed by atoms with Gasteiger partial charge in [0.15, 0.2) is 5.12 Å². The maximum atomic E-state index is 11.6. The Bertz CT molecular complexity index is 772. The van der Waals surface area contributed by atoms with Crippen LogP contribution >= 0.6 is 11.8 Å². The molecule has 0 saturated carbocycles. The molecule has 7 heteroatoms. The molecular weight excluding hydrogens is 349 g/mol. The Morgan fingerprint density at radius 3 is 2.54 bits per heavy atom. The highest BCUT2D eigenvalue weighted by Crippen LogP contribution is 2.39. The van der Waals surface area contributed by atoms with E-state index < -0.39 is 18.3 Å². The molecule has 1 aromatic rings. The second-order valence-corrected chi connectivity index (χ2v) is 8.88. The highest BCUT2D eigenvalue weighted by atomic mass is 32.2. The number of carbonyl (C=O) groups is 2. The molecular formula is C19H24BNO4S. The van der Waals surface area contributed by atoms with E-state index in [2.05, 4.69) is 5.32 Å². The van der Waals surface area contributed by atoms with E-state index in [1.54, 1.807) is 6.92 Å². The molecule has 5 nitrogen and oxygen atoms in total. The van der Waals surface area contributed by atoms with Crippen LogP contribution in [0.25, 0.3) is 6.08 Å². The summed E-state index contributed by atoms with van der Waals surface area (Å²) in [6.45, 7) is 9.58. The molecule has 2 aliphatic heterocycles. The second kappa shape index (κ2) is 6.87. The molecule has 3 rings (SSSR count). The molecule has 1 aromatic carbocycles. The van der Waals surface area contributed by atoms with Crippen LogP contribution in [0.2, 0.25) is 0 Å². The molecule has 1 fully saturated rings. The van der Waals surface area contributed by atoms with E-state index in [0.29, 0.717) is 12.2 Å². The van der Waals surface area contributed by atoms with Crippen LogP contribution in [0.4, 0.5) is 5.69 Å². The number of benzene rings is 1. The number of rotatable bonds is 4. The van der Waals surface area contributed by atoms with E-state index in [-0.39, 0.29) is 11.0 Å². The molecule has 0 aliphatic carbocycles. The number of anilines is 1. The predicted molar refractivity (Wildman–Crippen MR) is 106 cm³/mol. The average Bonchev–Trinajstić information content (AvgIpc) is 2.98. The maximum Gasteiger partial charge on any atom is 0.491 e.